The fourth-order valence-corrected chi connectivity index (χ4v) is 8.36. The van der Waals surface area contributed by atoms with Crippen molar-refractivity contribution >= 4 is 11.7 Å². The lowest BCUT2D eigenvalue weighted by atomic mass is 9.46. The number of aliphatic hydroxyl groups excluding tert-OH is 1. The molecule has 4 aliphatic carbocycles. The number of hydrazine groups is 1. The Morgan fingerprint density at radius 2 is 1.95 bits per heavy atom. The highest BCUT2D eigenvalue weighted by molar-refractivity contribution is 5.88. The molecule has 0 saturated heterocycles. The molecule has 200 valence electrons. The third-order valence-electron chi connectivity index (χ3n) is 9.76. The van der Waals surface area contributed by atoms with Crippen LogP contribution in [0.2, 0.25) is 0 Å². The summed E-state index contributed by atoms with van der Waals surface area (Å²) >= 11 is 0. The number of nitrogens with zero attached hydrogens (tertiary/aromatic N) is 3. The largest absolute Gasteiger partial charge is 0.392 e. The molecule has 4 saturated carbocycles. The van der Waals surface area contributed by atoms with Crippen LogP contribution >= 0.6 is 0 Å². The Morgan fingerprint density at radius 3 is 2.69 bits per heavy atom. The van der Waals surface area contributed by atoms with Crippen LogP contribution in [0.5, 0.6) is 0 Å². The Morgan fingerprint density at radius 1 is 1.18 bits per heavy atom. The number of urea groups is 1. The lowest BCUT2D eigenvalue weighted by molar-refractivity contribution is -0.139. The summed E-state index contributed by atoms with van der Waals surface area (Å²) in [7, 11) is 0. The molecule has 8 rings (SSSR count). The number of aliphatic hydroxyl groups is 1. The number of hydrogen-bond donors (Lipinski definition) is 4. The molecule has 4 N–H and O–H groups in total. The first-order valence-electron chi connectivity index (χ1n) is 13.8. The van der Waals surface area contributed by atoms with Crippen LogP contribution in [0.1, 0.15) is 55.7 Å². The Balaban J connectivity index is 1.03. The second kappa shape index (κ2) is 9.18. The number of nitriles is 1. The molecule has 3 aromatic rings. The van der Waals surface area contributed by atoms with Crippen LogP contribution in [0.25, 0.3) is 11.3 Å². The van der Waals surface area contributed by atoms with Crippen molar-refractivity contribution in [3.05, 3.63) is 71.9 Å². The fourth-order valence-electron chi connectivity index (χ4n) is 8.36. The van der Waals surface area contributed by atoms with Crippen molar-refractivity contribution in [3.63, 3.8) is 0 Å². The Hall–Kier alpha value is -3.74. The van der Waals surface area contributed by atoms with Gasteiger partial charge in [0.25, 0.3) is 0 Å². The molecule has 2 heterocycles. The average Bonchev–Trinajstić information content (AvgIpc) is 3.51. The van der Waals surface area contributed by atoms with Crippen LogP contribution in [0.3, 0.4) is 0 Å². The van der Waals surface area contributed by atoms with Crippen LogP contribution in [0.15, 0.2) is 55.0 Å². The maximum Gasteiger partial charge on any atom is 0.333 e. The van der Waals surface area contributed by atoms with Gasteiger partial charge in [-0.3, -0.25) is 5.43 Å². The maximum atomic E-state index is 15.0. The SMILES string of the molecule is N#Cc1ccc(NC(=O)NNC2C3CC4CC2CC(C(O)CC2c5c(F)cccc5-c5cncn52)(C4)C3)cc1. The minimum atomic E-state index is -0.551. The zero-order valence-corrected chi connectivity index (χ0v) is 21.5. The number of benzene rings is 2. The molecular weight excluding hydrogens is 495 g/mol. The number of aromatic nitrogens is 2. The highest BCUT2D eigenvalue weighted by atomic mass is 19.1. The summed E-state index contributed by atoms with van der Waals surface area (Å²) in [6.45, 7) is 0. The van der Waals surface area contributed by atoms with Crippen molar-refractivity contribution in [1.29, 1.82) is 5.26 Å². The summed E-state index contributed by atoms with van der Waals surface area (Å²) in [5, 5.41) is 23.5. The first-order valence-corrected chi connectivity index (χ1v) is 13.8. The maximum absolute atomic E-state index is 15.0. The third kappa shape index (κ3) is 4.01. The number of imidazole rings is 1. The summed E-state index contributed by atoms with van der Waals surface area (Å²) in [5.74, 6) is 1.06. The summed E-state index contributed by atoms with van der Waals surface area (Å²) in [6.07, 6.45) is 8.42. The van der Waals surface area contributed by atoms with E-state index in [1.165, 1.54) is 6.07 Å². The van der Waals surface area contributed by atoms with Gasteiger partial charge in [-0.1, -0.05) is 12.1 Å². The Bertz CT molecular complexity index is 1450. The summed E-state index contributed by atoms with van der Waals surface area (Å²) in [4.78, 5) is 16.8. The van der Waals surface area contributed by atoms with Gasteiger partial charge in [-0.15, -0.1) is 0 Å². The van der Waals surface area contributed by atoms with Crippen molar-refractivity contribution < 1.29 is 14.3 Å². The monoisotopic (exact) mass is 526 g/mol. The molecule has 1 aromatic heterocycles. The normalized spacial score (nSPS) is 30.3. The molecular formula is C30H31FN6O2. The molecule has 4 unspecified atom stereocenters. The zero-order chi connectivity index (χ0) is 26.7. The topological polar surface area (TPSA) is 115 Å². The number of anilines is 1. The highest BCUT2D eigenvalue weighted by Crippen LogP contribution is 2.62. The van der Waals surface area contributed by atoms with Crippen molar-refractivity contribution in [3.8, 4) is 17.3 Å². The number of carbonyl (C=O) groups is 1. The van der Waals surface area contributed by atoms with E-state index >= 15 is 0 Å². The molecule has 9 heteroatoms. The van der Waals surface area contributed by atoms with Crippen LogP contribution < -0.4 is 16.2 Å². The molecule has 4 fully saturated rings. The first-order chi connectivity index (χ1) is 18.9. The molecule has 39 heavy (non-hydrogen) atoms. The van der Waals surface area contributed by atoms with E-state index in [-0.39, 0.29) is 29.3 Å². The van der Waals surface area contributed by atoms with Crippen molar-refractivity contribution in [2.24, 2.45) is 23.2 Å². The second-order valence-corrected chi connectivity index (χ2v) is 11.9. The predicted octanol–water partition coefficient (Wildman–Crippen LogP) is 4.74. The molecule has 0 radical (unpaired) electrons. The van der Waals surface area contributed by atoms with E-state index in [0.717, 1.165) is 43.4 Å². The third-order valence-corrected chi connectivity index (χ3v) is 9.76. The van der Waals surface area contributed by atoms with Crippen LogP contribution in [0.4, 0.5) is 14.9 Å². The van der Waals surface area contributed by atoms with Crippen LogP contribution in [0, 0.1) is 40.3 Å². The Kier molecular flexibility index (Phi) is 5.72. The van der Waals surface area contributed by atoms with E-state index in [1.54, 1.807) is 42.9 Å². The van der Waals surface area contributed by atoms with Gasteiger partial charge in [0, 0.05) is 22.9 Å². The lowest BCUT2D eigenvalue weighted by Crippen LogP contribution is -2.63. The van der Waals surface area contributed by atoms with E-state index in [0.29, 0.717) is 41.0 Å². The molecule has 2 amide bonds. The van der Waals surface area contributed by atoms with Crippen molar-refractivity contribution in [2.75, 3.05) is 5.32 Å². The van der Waals surface area contributed by atoms with Crippen molar-refractivity contribution in [1.82, 2.24) is 20.4 Å². The van der Waals surface area contributed by atoms with Gasteiger partial charge in [0.15, 0.2) is 0 Å². The molecule has 4 bridgehead atoms. The van der Waals surface area contributed by atoms with Crippen LogP contribution in [-0.2, 0) is 0 Å². The van der Waals surface area contributed by atoms with Gasteiger partial charge < -0.3 is 15.0 Å². The van der Waals surface area contributed by atoms with Gasteiger partial charge in [-0.25, -0.2) is 19.6 Å². The first kappa shape index (κ1) is 24.3. The molecule has 4 atom stereocenters. The molecule has 5 aliphatic rings. The number of halogens is 1. The van der Waals surface area contributed by atoms with Gasteiger partial charge in [0.2, 0.25) is 0 Å². The van der Waals surface area contributed by atoms with E-state index in [1.807, 2.05) is 10.6 Å². The number of nitrogens with one attached hydrogen (secondary N) is 3. The van der Waals surface area contributed by atoms with Gasteiger partial charge in [-0.05, 0) is 92.0 Å². The van der Waals surface area contributed by atoms with Crippen molar-refractivity contribution in [2.45, 2.75) is 56.7 Å². The highest BCUT2D eigenvalue weighted by Gasteiger charge is 2.58. The van der Waals surface area contributed by atoms with E-state index in [2.05, 4.69) is 27.2 Å². The number of carbonyl (C=O) groups excluding carboxylic acids is 1. The number of amides is 2. The van der Waals surface area contributed by atoms with Crippen LogP contribution in [-0.4, -0.2) is 32.8 Å². The molecule has 8 nitrogen and oxygen atoms in total. The predicted molar refractivity (Wildman–Crippen MR) is 143 cm³/mol. The summed E-state index contributed by atoms with van der Waals surface area (Å²) < 4.78 is 17.0. The minimum absolute atomic E-state index is 0.151. The summed E-state index contributed by atoms with van der Waals surface area (Å²) in [5.41, 5.74) is 9.54. The van der Waals surface area contributed by atoms with E-state index in [4.69, 9.17) is 5.26 Å². The fraction of sp³-hybridized carbons (Fsp3) is 0.433. The lowest BCUT2D eigenvalue weighted by Gasteiger charge is -2.61. The zero-order valence-electron chi connectivity index (χ0n) is 21.5. The quantitative estimate of drug-likeness (QED) is 0.347. The molecule has 1 aliphatic heterocycles. The van der Waals surface area contributed by atoms with E-state index in [9.17, 15) is 14.3 Å². The van der Waals surface area contributed by atoms with Gasteiger partial charge in [-0.2, -0.15) is 5.26 Å². The minimum Gasteiger partial charge on any atom is -0.392 e. The average molecular weight is 527 g/mol. The summed E-state index contributed by atoms with van der Waals surface area (Å²) in [6, 6.07) is 13.5. The number of fused-ring (bicyclic) bond motifs is 3. The smallest absolute Gasteiger partial charge is 0.333 e. The standard InChI is InChI=1S/C30H31FN6O2/c31-23-3-1-2-22-25-15-33-16-37(25)24(27(22)23)10-26(38)30-11-18-8-19(12-30)28(20(9-18)13-30)35-36-29(39)34-21-6-4-17(14-32)5-7-21/h1-7,15-16,18-20,24,26,28,35,38H,8-13H2,(H2,34,36,39). The van der Waals surface area contributed by atoms with Gasteiger partial charge in [0.1, 0.15) is 5.82 Å². The number of rotatable bonds is 6. The Labute approximate surface area is 226 Å². The van der Waals surface area contributed by atoms with E-state index < -0.39 is 6.10 Å². The number of hydrogen-bond acceptors (Lipinski definition) is 5. The van der Waals surface area contributed by atoms with Gasteiger partial charge >= 0.3 is 6.03 Å². The molecule has 0 spiro atoms. The second-order valence-electron chi connectivity index (χ2n) is 11.9. The molecule has 2 aromatic carbocycles. The van der Waals surface area contributed by atoms with Gasteiger partial charge in [0.05, 0.1) is 42.0 Å².